The first-order valence-electron chi connectivity index (χ1n) is 9.12. The van der Waals surface area contributed by atoms with Crippen LogP contribution in [0.15, 0.2) is 36.1 Å². The van der Waals surface area contributed by atoms with E-state index >= 15 is 0 Å². The Morgan fingerprint density at radius 2 is 2.14 bits per heavy atom. The molecule has 0 unspecified atom stereocenters. The van der Waals surface area contributed by atoms with E-state index in [0.29, 0.717) is 17.1 Å². The number of nitrogens with one attached hydrogen (secondary N) is 1. The van der Waals surface area contributed by atoms with Crippen molar-refractivity contribution in [1.82, 2.24) is 14.5 Å². The van der Waals surface area contributed by atoms with Crippen LogP contribution in [0.3, 0.4) is 0 Å². The van der Waals surface area contributed by atoms with E-state index in [4.69, 9.17) is 4.74 Å². The van der Waals surface area contributed by atoms with Crippen LogP contribution in [-0.2, 0) is 4.74 Å². The number of nitrogens with zero attached hydrogens (tertiary/aromatic N) is 3. The third-order valence-corrected chi connectivity index (χ3v) is 4.98. The molecule has 0 aliphatic heterocycles. The summed E-state index contributed by atoms with van der Waals surface area (Å²) in [7, 11) is 0. The molecule has 1 fully saturated rings. The van der Waals surface area contributed by atoms with E-state index in [9.17, 15) is 15.2 Å². The number of nitriles is 1. The van der Waals surface area contributed by atoms with Crippen LogP contribution >= 0.6 is 0 Å². The Morgan fingerprint density at radius 1 is 1.39 bits per heavy atom. The monoisotopic (exact) mass is 376 g/mol. The van der Waals surface area contributed by atoms with Gasteiger partial charge in [-0.3, -0.25) is 0 Å². The molecule has 2 N–H and O–H groups in total. The van der Waals surface area contributed by atoms with Gasteiger partial charge in [-0.2, -0.15) is 5.26 Å². The molecular weight excluding hydrogens is 356 g/mol. The number of carbonyl (C=O) groups excluding carboxylic acids is 1. The van der Waals surface area contributed by atoms with Gasteiger partial charge in [0.15, 0.2) is 11.6 Å². The molecule has 7 nitrogen and oxygen atoms in total. The van der Waals surface area contributed by atoms with Crippen LogP contribution in [0.25, 0.3) is 16.6 Å². The number of ether oxygens (including phenoxy) is 1. The number of carbonyl (C=O) groups is 1. The van der Waals surface area contributed by atoms with Crippen molar-refractivity contribution in [2.24, 2.45) is 0 Å². The number of aromatic amines is 1. The fourth-order valence-electron chi connectivity index (χ4n) is 3.49. The number of aryl methyl sites for hydroxylation is 1. The zero-order valence-corrected chi connectivity index (χ0v) is 15.7. The minimum Gasteiger partial charge on any atom is -0.507 e. The summed E-state index contributed by atoms with van der Waals surface area (Å²) < 4.78 is 7.42. The lowest BCUT2D eigenvalue weighted by atomic mass is 10.2. The molecule has 28 heavy (non-hydrogen) atoms. The summed E-state index contributed by atoms with van der Waals surface area (Å²) in [6.45, 7) is 3.47. The van der Waals surface area contributed by atoms with E-state index < -0.39 is 12.6 Å². The third-order valence-electron chi connectivity index (χ3n) is 4.98. The van der Waals surface area contributed by atoms with Gasteiger partial charge in [0, 0.05) is 17.4 Å². The number of H-pyrrole nitrogens is 1. The van der Waals surface area contributed by atoms with Crippen molar-refractivity contribution in [2.75, 3.05) is 6.61 Å². The second kappa shape index (κ2) is 6.89. The minimum absolute atomic E-state index is 0.0487. The third kappa shape index (κ3) is 3.14. The van der Waals surface area contributed by atoms with E-state index in [-0.39, 0.29) is 17.2 Å². The molecular formula is C21H20N4O3. The Kier molecular flexibility index (Phi) is 4.40. The van der Waals surface area contributed by atoms with Gasteiger partial charge in [-0.25, -0.2) is 9.78 Å². The number of aromatic nitrogens is 3. The van der Waals surface area contributed by atoms with Crippen LogP contribution < -0.4 is 0 Å². The summed E-state index contributed by atoms with van der Waals surface area (Å²) in [5.41, 5.74) is 3.76. The van der Waals surface area contributed by atoms with Gasteiger partial charge in [0.05, 0.1) is 16.6 Å². The second-order valence-corrected chi connectivity index (χ2v) is 7.00. The first-order chi connectivity index (χ1) is 13.5. The molecule has 0 radical (unpaired) electrons. The highest BCUT2D eigenvalue weighted by Crippen LogP contribution is 2.38. The van der Waals surface area contributed by atoms with Crippen LogP contribution in [0.5, 0.6) is 0 Å². The molecule has 1 aliphatic rings. The van der Waals surface area contributed by atoms with Gasteiger partial charge in [-0.1, -0.05) is 12.1 Å². The number of esters is 1. The maximum absolute atomic E-state index is 12.5. The molecule has 0 amide bonds. The number of hydrogen-bond acceptors (Lipinski definition) is 5. The number of allylic oxidation sites excluding steroid dienone is 1. The second-order valence-electron chi connectivity index (χ2n) is 7.00. The average molecular weight is 376 g/mol. The molecule has 0 bridgehead atoms. The summed E-state index contributed by atoms with van der Waals surface area (Å²) in [4.78, 5) is 19.8. The highest BCUT2D eigenvalue weighted by molar-refractivity contribution is 5.91. The van der Waals surface area contributed by atoms with E-state index in [1.165, 1.54) is 0 Å². The van der Waals surface area contributed by atoms with Gasteiger partial charge < -0.3 is 19.4 Å². The first-order valence-corrected chi connectivity index (χ1v) is 9.12. The van der Waals surface area contributed by atoms with Crippen molar-refractivity contribution in [2.45, 2.75) is 32.7 Å². The lowest BCUT2D eigenvalue weighted by Crippen LogP contribution is -2.10. The predicted molar refractivity (Wildman–Crippen MR) is 104 cm³/mol. The Hall–Kier alpha value is -3.53. The summed E-state index contributed by atoms with van der Waals surface area (Å²) in [5, 5.41) is 19.8. The van der Waals surface area contributed by atoms with E-state index in [2.05, 4.69) is 14.5 Å². The first kappa shape index (κ1) is 17.9. The highest BCUT2D eigenvalue weighted by atomic mass is 16.5. The molecule has 142 valence electrons. The molecule has 1 aromatic carbocycles. The fourth-order valence-corrected chi connectivity index (χ4v) is 3.49. The molecule has 7 heteroatoms. The SMILES string of the molecule is Cc1cc(C(=O)OC/C(O)=C(\C#N)c2nc3ccccc3[nH]2)c(C)n1C1CC1. The molecule has 3 aromatic rings. The lowest BCUT2D eigenvalue weighted by Gasteiger charge is -2.08. The molecule has 0 spiro atoms. The van der Waals surface area contributed by atoms with Crippen molar-refractivity contribution in [1.29, 1.82) is 5.26 Å². The van der Waals surface area contributed by atoms with E-state index in [1.807, 2.05) is 38.1 Å². The van der Waals surface area contributed by atoms with Gasteiger partial charge in [0.1, 0.15) is 18.2 Å². The molecule has 2 aromatic heterocycles. The number of aliphatic hydroxyl groups excluding tert-OH is 1. The van der Waals surface area contributed by atoms with Crippen molar-refractivity contribution in [3.05, 3.63) is 58.9 Å². The summed E-state index contributed by atoms with van der Waals surface area (Å²) in [5.74, 6) is -0.622. The van der Waals surface area contributed by atoms with Crippen molar-refractivity contribution < 1.29 is 14.6 Å². The minimum atomic E-state index is -0.520. The molecule has 0 saturated heterocycles. The van der Waals surface area contributed by atoms with E-state index in [1.54, 1.807) is 12.1 Å². The zero-order valence-electron chi connectivity index (χ0n) is 15.7. The summed E-state index contributed by atoms with van der Waals surface area (Å²) in [6.07, 6.45) is 2.24. The van der Waals surface area contributed by atoms with Crippen LogP contribution in [0.2, 0.25) is 0 Å². The normalized spacial score (nSPS) is 14.6. The Morgan fingerprint density at radius 3 is 2.82 bits per heavy atom. The van der Waals surface area contributed by atoms with Gasteiger partial charge in [0.25, 0.3) is 0 Å². The fraction of sp³-hybridized carbons (Fsp3) is 0.286. The largest absolute Gasteiger partial charge is 0.507 e. The standard InChI is InChI=1S/C21H20N4O3/c1-12-9-15(13(2)25(12)14-7-8-14)21(27)28-11-19(26)16(10-22)20-23-17-5-3-4-6-18(17)24-20/h3-6,9,14,26H,7-8,11H2,1-2H3,(H,23,24)/b19-16-. The van der Waals surface area contributed by atoms with Crippen molar-refractivity contribution in [3.8, 4) is 6.07 Å². The van der Waals surface area contributed by atoms with Crippen molar-refractivity contribution >= 4 is 22.6 Å². The summed E-state index contributed by atoms with van der Waals surface area (Å²) in [6, 6.07) is 11.5. The van der Waals surface area contributed by atoms with Crippen LogP contribution in [0.1, 0.15) is 46.5 Å². The predicted octanol–water partition coefficient (Wildman–Crippen LogP) is 3.97. The Bertz CT molecular complexity index is 1110. The zero-order chi connectivity index (χ0) is 19.8. The van der Waals surface area contributed by atoms with Crippen LogP contribution in [0.4, 0.5) is 0 Å². The van der Waals surface area contributed by atoms with E-state index in [0.717, 1.165) is 29.7 Å². The molecule has 1 saturated carbocycles. The number of para-hydroxylation sites is 2. The number of hydrogen-bond donors (Lipinski definition) is 2. The number of imidazole rings is 1. The van der Waals surface area contributed by atoms with Crippen LogP contribution in [0, 0.1) is 25.2 Å². The number of rotatable bonds is 5. The quantitative estimate of drug-likeness (QED) is 0.398. The van der Waals surface area contributed by atoms with Gasteiger partial charge in [0.2, 0.25) is 0 Å². The number of fused-ring (bicyclic) bond motifs is 1. The van der Waals surface area contributed by atoms with Gasteiger partial charge in [-0.15, -0.1) is 0 Å². The maximum atomic E-state index is 12.5. The Balaban J connectivity index is 1.53. The molecule has 2 heterocycles. The van der Waals surface area contributed by atoms with Gasteiger partial charge in [-0.05, 0) is 44.9 Å². The molecule has 1 aliphatic carbocycles. The highest BCUT2D eigenvalue weighted by Gasteiger charge is 2.29. The van der Waals surface area contributed by atoms with Crippen LogP contribution in [-0.4, -0.2) is 32.2 Å². The number of aliphatic hydroxyl groups is 1. The lowest BCUT2D eigenvalue weighted by molar-refractivity contribution is 0.0502. The summed E-state index contributed by atoms with van der Waals surface area (Å²) >= 11 is 0. The average Bonchev–Trinajstić information content (AvgIpc) is 3.34. The van der Waals surface area contributed by atoms with Crippen molar-refractivity contribution in [3.63, 3.8) is 0 Å². The molecule has 0 atom stereocenters. The number of benzene rings is 1. The molecule has 4 rings (SSSR count). The smallest absolute Gasteiger partial charge is 0.340 e. The Labute approximate surface area is 161 Å². The topological polar surface area (TPSA) is 104 Å². The van der Waals surface area contributed by atoms with Gasteiger partial charge >= 0.3 is 5.97 Å². The maximum Gasteiger partial charge on any atom is 0.340 e.